The van der Waals surface area contributed by atoms with Crippen LogP contribution in [0, 0.1) is 6.92 Å². The molecular weight excluding hydrogens is 394 g/mol. The highest BCUT2D eigenvalue weighted by molar-refractivity contribution is 9.10. The third kappa shape index (κ3) is 4.31. The third-order valence-corrected chi connectivity index (χ3v) is 4.49. The van der Waals surface area contributed by atoms with E-state index in [0.29, 0.717) is 6.04 Å². The maximum Gasteiger partial charge on any atom is 0.130 e. The van der Waals surface area contributed by atoms with Crippen molar-refractivity contribution in [1.82, 2.24) is 5.32 Å². The van der Waals surface area contributed by atoms with Crippen LogP contribution in [0.2, 0.25) is 0 Å². The second-order valence-electron chi connectivity index (χ2n) is 4.97. The van der Waals surface area contributed by atoms with Crippen LogP contribution in [0.25, 0.3) is 0 Å². The normalized spacial score (nSPS) is 12.2. The first-order valence-corrected chi connectivity index (χ1v) is 8.56. The van der Waals surface area contributed by atoms with Gasteiger partial charge >= 0.3 is 0 Å². The first-order chi connectivity index (χ1) is 10.0. The van der Waals surface area contributed by atoms with Crippen molar-refractivity contribution in [2.75, 3.05) is 6.54 Å². The Balaban J connectivity index is 2.20. The lowest BCUT2D eigenvalue weighted by atomic mass is 10.1. The van der Waals surface area contributed by atoms with Crippen LogP contribution in [0.1, 0.15) is 31.0 Å². The second-order valence-corrected chi connectivity index (χ2v) is 6.74. The van der Waals surface area contributed by atoms with Crippen molar-refractivity contribution in [1.29, 1.82) is 0 Å². The predicted octanol–water partition coefficient (Wildman–Crippen LogP) is 5.98. The Labute approximate surface area is 143 Å². The summed E-state index contributed by atoms with van der Waals surface area (Å²) in [6, 6.07) is 12.4. The van der Waals surface area contributed by atoms with E-state index in [1.165, 1.54) is 5.56 Å². The maximum atomic E-state index is 5.97. The second kappa shape index (κ2) is 7.43. The highest BCUT2D eigenvalue weighted by atomic mass is 79.9. The lowest BCUT2D eigenvalue weighted by Crippen LogP contribution is -2.17. The number of hydrogen-bond acceptors (Lipinski definition) is 2. The molecule has 0 aromatic heterocycles. The molecule has 0 bridgehead atoms. The topological polar surface area (TPSA) is 21.3 Å². The van der Waals surface area contributed by atoms with Gasteiger partial charge in [-0.25, -0.2) is 0 Å². The van der Waals surface area contributed by atoms with Crippen molar-refractivity contribution in [3.8, 4) is 11.5 Å². The Morgan fingerprint density at radius 2 is 1.90 bits per heavy atom. The molecule has 0 aliphatic carbocycles. The monoisotopic (exact) mass is 411 g/mol. The fourth-order valence-electron chi connectivity index (χ4n) is 2.19. The lowest BCUT2D eigenvalue weighted by molar-refractivity contribution is 0.477. The smallest absolute Gasteiger partial charge is 0.130 e. The molecule has 4 heteroatoms. The van der Waals surface area contributed by atoms with Crippen LogP contribution < -0.4 is 10.1 Å². The molecule has 112 valence electrons. The molecule has 1 N–H and O–H groups in total. The molecule has 0 fully saturated rings. The van der Waals surface area contributed by atoms with E-state index in [0.717, 1.165) is 32.6 Å². The number of ether oxygens (including phenoxy) is 1. The first-order valence-electron chi connectivity index (χ1n) is 6.98. The Bertz CT molecular complexity index is 628. The predicted molar refractivity (Wildman–Crippen MR) is 95.2 cm³/mol. The molecule has 0 saturated heterocycles. The number of halogens is 2. The summed E-state index contributed by atoms with van der Waals surface area (Å²) in [5, 5.41) is 3.41. The van der Waals surface area contributed by atoms with Crippen LogP contribution >= 0.6 is 31.9 Å². The summed E-state index contributed by atoms with van der Waals surface area (Å²) in [7, 11) is 0. The first kappa shape index (κ1) is 16.5. The Kier molecular flexibility index (Phi) is 5.85. The van der Waals surface area contributed by atoms with E-state index in [1.807, 2.05) is 37.3 Å². The van der Waals surface area contributed by atoms with Gasteiger partial charge in [-0.05, 0) is 61.9 Å². The van der Waals surface area contributed by atoms with Crippen LogP contribution in [0.4, 0.5) is 0 Å². The van der Waals surface area contributed by atoms with E-state index in [-0.39, 0.29) is 0 Å². The van der Waals surface area contributed by atoms with Crippen LogP contribution in [0.3, 0.4) is 0 Å². The number of hydrogen-bond donors (Lipinski definition) is 1. The van der Waals surface area contributed by atoms with Crippen LogP contribution in [-0.4, -0.2) is 6.54 Å². The summed E-state index contributed by atoms with van der Waals surface area (Å²) in [6.45, 7) is 7.25. The summed E-state index contributed by atoms with van der Waals surface area (Å²) in [5.41, 5.74) is 2.34. The van der Waals surface area contributed by atoms with Gasteiger partial charge in [0.2, 0.25) is 0 Å². The fourth-order valence-corrected chi connectivity index (χ4v) is 3.37. The molecule has 0 saturated carbocycles. The van der Waals surface area contributed by atoms with Crippen LogP contribution in [-0.2, 0) is 0 Å². The average Bonchev–Trinajstić information content (AvgIpc) is 2.42. The van der Waals surface area contributed by atoms with Gasteiger partial charge in [0.15, 0.2) is 0 Å². The van der Waals surface area contributed by atoms with Gasteiger partial charge < -0.3 is 10.1 Å². The molecule has 0 spiro atoms. The van der Waals surface area contributed by atoms with E-state index in [2.05, 4.69) is 57.1 Å². The van der Waals surface area contributed by atoms with Gasteiger partial charge in [-0.15, -0.1) is 0 Å². The summed E-state index contributed by atoms with van der Waals surface area (Å²) < 4.78 is 8.09. The summed E-state index contributed by atoms with van der Waals surface area (Å²) >= 11 is 7.10. The number of aryl methyl sites for hydroxylation is 1. The van der Waals surface area contributed by atoms with E-state index >= 15 is 0 Å². The highest BCUT2D eigenvalue weighted by Gasteiger charge is 2.10. The lowest BCUT2D eigenvalue weighted by Gasteiger charge is -2.16. The summed E-state index contributed by atoms with van der Waals surface area (Å²) in [6.07, 6.45) is 0. The number of rotatable bonds is 5. The fraction of sp³-hybridized carbons (Fsp3) is 0.294. The van der Waals surface area contributed by atoms with E-state index in [9.17, 15) is 0 Å². The Hall–Kier alpha value is -0.840. The van der Waals surface area contributed by atoms with Gasteiger partial charge in [-0.2, -0.15) is 0 Å². The van der Waals surface area contributed by atoms with Crippen molar-refractivity contribution in [3.63, 3.8) is 0 Å². The standard InChI is InChI=1S/C17H19Br2NO/c1-4-20-12(3)15-7-6-14(10-16(15)19)21-17-8-5-13(18)9-11(17)2/h5-10,12,20H,4H2,1-3H3. The largest absolute Gasteiger partial charge is 0.457 e. The van der Waals surface area contributed by atoms with Gasteiger partial charge in [-0.3, -0.25) is 0 Å². The van der Waals surface area contributed by atoms with Gasteiger partial charge in [0.25, 0.3) is 0 Å². The number of nitrogens with one attached hydrogen (secondary N) is 1. The molecule has 2 aromatic carbocycles. The zero-order chi connectivity index (χ0) is 15.4. The van der Waals surface area contributed by atoms with E-state index in [4.69, 9.17) is 4.74 Å². The number of benzene rings is 2. The van der Waals surface area contributed by atoms with Crippen LogP contribution in [0.5, 0.6) is 11.5 Å². The Morgan fingerprint density at radius 1 is 1.14 bits per heavy atom. The van der Waals surface area contributed by atoms with Gasteiger partial charge in [0.05, 0.1) is 0 Å². The zero-order valence-electron chi connectivity index (χ0n) is 12.4. The minimum Gasteiger partial charge on any atom is -0.457 e. The quantitative estimate of drug-likeness (QED) is 0.651. The Morgan fingerprint density at radius 3 is 2.52 bits per heavy atom. The van der Waals surface area contributed by atoms with E-state index in [1.54, 1.807) is 0 Å². The van der Waals surface area contributed by atoms with Crippen molar-refractivity contribution < 1.29 is 4.74 Å². The molecule has 1 atom stereocenters. The molecule has 0 heterocycles. The minimum atomic E-state index is 0.313. The molecule has 2 rings (SSSR count). The third-order valence-electron chi connectivity index (χ3n) is 3.31. The SMILES string of the molecule is CCNC(C)c1ccc(Oc2ccc(Br)cc2C)cc1Br. The molecular formula is C17H19Br2NO. The molecule has 1 unspecified atom stereocenters. The highest BCUT2D eigenvalue weighted by Crippen LogP contribution is 2.32. The maximum absolute atomic E-state index is 5.97. The molecule has 2 aromatic rings. The molecule has 0 aliphatic heterocycles. The van der Waals surface area contributed by atoms with Crippen molar-refractivity contribution in [2.45, 2.75) is 26.8 Å². The van der Waals surface area contributed by atoms with E-state index < -0.39 is 0 Å². The van der Waals surface area contributed by atoms with Gasteiger partial charge in [-0.1, -0.05) is 44.8 Å². The molecule has 0 radical (unpaired) electrons. The molecule has 21 heavy (non-hydrogen) atoms. The molecule has 0 amide bonds. The van der Waals surface area contributed by atoms with Gasteiger partial charge in [0, 0.05) is 15.0 Å². The van der Waals surface area contributed by atoms with Crippen molar-refractivity contribution >= 4 is 31.9 Å². The summed E-state index contributed by atoms with van der Waals surface area (Å²) in [4.78, 5) is 0. The minimum absolute atomic E-state index is 0.313. The zero-order valence-corrected chi connectivity index (χ0v) is 15.6. The molecule has 2 nitrogen and oxygen atoms in total. The van der Waals surface area contributed by atoms with Crippen molar-refractivity contribution in [3.05, 3.63) is 56.5 Å². The van der Waals surface area contributed by atoms with Crippen LogP contribution in [0.15, 0.2) is 45.3 Å². The average molecular weight is 413 g/mol. The summed E-state index contributed by atoms with van der Waals surface area (Å²) in [5.74, 6) is 1.71. The molecule has 0 aliphatic rings. The van der Waals surface area contributed by atoms with Crippen molar-refractivity contribution in [2.24, 2.45) is 0 Å². The van der Waals surface area contributed by atoms with Gasteiger partial charge in [0.1, 0.15) is 11.5 Å².